The lowest BCUT2D eigenvalue weighted by molar-refractivity contribution is 0.224. The molecule has 1 atom stereocenters. The summed E-state index contributed by atoms with van der Waals surface area (Å²) in [5, 5.41) is 15.2. The summed E-state index contributed by atoms with van der Waals surface area (Å²) < 4.78 is 7.87. The van der Waals surface area contributed by atoms with E-state index in [1.807, 2.05) is 35.8 Å². The van der Waals surface area contributed by atoms with E-state index in [0.717, 1.165) is 37.0 Å². The second kappa shape index (κ2) is 11.9. The zero-order valence-corrected chi connectivity index (χ0v) is 18.4. The third-order valence-corrected chi connectivity index (χ3v) is 3.84. The van der Waals surface area contributed by atoms with E-state index in [1.165, 1.54) is 0 Å². The zero-order valence-electron chi connectivity index (χ0n) is 15.3. The Morgan fingerprint density at radius 1 is 1.31 bits per heavy atom. The topological polar surface area (TPSA) is 76.4 Å². The van der Waals surface area contributed by atoms with Crippen LogP contribution in [0.3, 0.4) is 0 Å². The van der Waals surface area contributed by atoms with E-state index in [1.54, 1.807) is 13.4 Å². The van der Waals surface area contributed by atoms with Crippen LogP contribution < -0.4 is 15.4 Å². The van der Waals surface area contributed by atoms with Gasteiger partial charge in [0, 0.05) is 31.6 Å². The van der Waals surface area contributed by atoms with Crippen molar-refractivity contribution in [2.45, 2.75) is 32.9 Å². The first-order valence-electron chi connectivity index (χ1n) is 8.35. The summed E-state index contributed by atoms with van der Waals surface area (Å²) in [7, 11) is 1.75. The molecule has 0 saturated carbocycles. The van der Waals surface area contributed by atoms with Gasteiger partial charge in [-0.05, 0) is 31.2 Å². The van der Waals surface area contributed by atoms with Gasteiger partial charge in [-0.3, -0.25) is 4.99 Å². The lowest BCUT2D eigenvalue weighted by Crippen LogP contribution is -2.42. The maximum absolute atomic E-state index is 5.87. The van der Waals surface area contributed by atoms with Crippen molar-refractivity contribution >= 4 is 41.5 Å². The Bertz CT molecular complexity index is 676. The van der Waals surface area contributed by atoms with Gasteiger partial charge in [-0.2, -0.15) is 0 Å². The number of halogens is 2. The van der Waals surface area contributed by atoms with Crippen molar-refractivity contribution < 1.29 is 4.74 Å². The Morgan fingerprint density at radius 3 is 2.69 bits per heavy atom. The largest absolute Gasteiger partial charge is 0.489 e. The van der Waals surface area contributed by atoms with Crippen LogP contribution in [0.2, 0.25) is 5.02 Å². The second-order valence-corrected chi connectivity index (χ2v) is 5.99. The molecule has 0 aliphatic carbocycles. The number of aliphatic imine (C=N–C) groups is 1. The molecule has 0 fully saturated rings. The number of aryl methyl sites for hydroxylation is 1. The Kier molecular flexibility index (Phi) is 10.3. The van der Waals surface area contributed by atoms with Crippen molar-refractivity contribution in [3.63, 3.8) is 0 Å². The highest BCUT2D eigenvalue weighted by atomic mass is 127. The number of hydrogen-bond acceptors (Lipinski definition) is 4. The molecular weight excluding hydrogens is 467 g/mol. The van der Waals surface area contributed by atoms with E-state index in [2.05, 4.69) is 32.7 Å². The Hall–Kier alpha value is -1.55. The van der Waals surface area contributed by atoms with Gasteiger partial charge in [-0.1, -0.05) is 18.5 Å². The predicted molar refractivity (Wildman–Crippen MR) is 116 cm³/mol. The first kappa shape index (κ1) is 22.5. The number of nitrogens with zero attached hydrogens (tertiary/aromatic N) is 4. The molecule has 1 heterocycles. The quantitative estimate of drug-likeness (QED) is 0.337. The number of nitrogens with one attached hydrogen (secondary N) is 2. The van der Waals surface area contributed by atoms with E-state index >= 15 is 0 Å². The summed E-state index contributed by atoms with van der Waals surface area (Å²) in [6, 6.07) is 7.34. The molecule has 2 N–H and O–H groups in total. The summed E-state index contributed by atoms with van der Waals surface area (Å²) in [6.07, 6.45) is 2.61. The standard InChI is InChI=1S/C17H25ClN6O.HI/c1-4-16-23-22-12-24(16)10-9-20-17(19-3)21-11-13(2)25-15-7-5-14(18)6-8-15;/h5-8,12-13H,4,9-11H2,1-3H3,(H2,19,20,21);1H. The number of benzene rings is 1. The van der Waals surface area contributed by atoms with Crippen LogP contribution in [-0.4, -0.2) is 47.0 Å². The summed E-state index contributed by atoms with van der Waals surface area (Å²) in [5.74, 6) is 2.51. The maximum Gasteiger partial charge on any atom is 0.191 e. The Balaban J connectivity index is 0.00000338. The molecule has 144 valence electrons. The Morgan fingerprint density at radius 2 is 2.04 bits per heavy atom. The molecule has 0 saturated heterocycles. The first-order valence-corrected chi connectivity index (χ1v) is 8.73. The maximum atomic E-state index is 5.87. The summed E-state index contributed by atoms with van der Waals surface area (Å²) >= 11 is 5.87. The minimum atomic E-state index is -0.00994. The average Bonchev–Trinajstić information content (AvgIpc) is 3.07. The molecule has 1 aromatic heterocycles. The molecule has 0 amide bonds. The fourth-order valence-electron chi connectivity index (χ4n) is 2.28. The molecule has 2 aromatic rings. The molecule has 2 rings (SSSR count). The number of rotatable bonds is 8. The molecule has 0 bridgehead atoms. The second-order valence-electron chi connectivity index (χ2n) is 5.56. The molecule has 1 aromatic carbocycles. The first-order chi connectivity index (χ1) is 12.1. The molecule has 0 radical (unpaired) electrons. The van der Waals surface area contributed by atoms with E-state index in [-0.39, 0.29) is 30.1 Å². The lowest BCUT2D eigenvalue weighted by atomic mass is 10.3. The Labute approximate surface area is 176 Å². The van der Waals surface area contributed by atoms with Crippen LogP contribution >= 0.6 is 35.6 Å². The monoisotopic (exact) mass is 492 g/mol. The van der Waals surface area contributed by atoms with Crippen molar-refractivity contribution in [1.82, 2.24) is 25.4 Å². The summed E-state index contributed by atoms with van der Waals surface area (Å²) in [6.45, 7) is 6.22. The van der Waals surface area contributed by atoms with Gasteiger partial charge in [0.1, 0.15) is 24.0 Å². The molecule has 1 unspecified atom stereocenters. The van der Waals surface area contributed by atoms with E-state index in [0.29, 0.717) is 11.6 Å². The fraction of sp³-hybridized carbons (Fsp3) is 0.471. The SMILES string of the molecule is CCc1nncn1CCNC(=NC)NCC(C)Oc1ccc(Cl)cc1.I. The van der Waals surface area contributed by atoms with Gasteiger partial charge < -0.3 is 19.9 Å². The van der Waals surface area contributed by atoms with Crippen molar-refractivity contribution in [1.29, 1.82) is 0 Å². The number of guanidine groups is 1. The van der Waals surface area contributed by atoms with E-state index in [9.17, 15) is 0 Å². The molecule has 7 nitrogen and oxygen atoms in total. The van der Waals surface area contributed by atoms with Crippen molar-refractivity contribution in [3.8, 4) is 5.75 Å². The van der Waals surface area contributed by atoms with Gasteiger partial charge in [-0.25, -0.2) is 0 Å². The van der Waals surface area contributed by atoms with Gasteiger partial charge in [0.25, 0.3) is 0 Å². The van der Waals surface area contributed by atoms with Crippen LogP contribution in [-0.2, 0) is 13.0 Å². The number of aromatic nitrogens is 3. The van der Waals surface area contributed by atoms with Gasteiger partial charge in [0.15, 0.2) is 5.96 Å². The normalized spacial score (nSPS) is 12.2. The summed E-state index contributed by atoms with van der Waals surface area (Å²) in [5.41, 5.74) is 0. The van der Waals surface area contributed by atoms with Gasteiger partial charge in [0.05, 0.1) is 6.54 Å². The molecular formula is C17H26ClIN6O. The van der Waals surface area contributed by atoms with Crippen LogP contribution in [0.1, 0.15) is 19.7 Å². The third kappa shape index (κ3) is 7.36. The van der Waals surface area contributed by atoms with Crippen LogP contribution in [0.15, 0.2) is 35.6 Å². The zero-order chi connectivity index (χ0) is 18.1. The van der Waals surface area contributed by atoms with Gasteiger partial charge >= 0.3 is 0 Å². The van der Waals surface area contributed by atoms with Gasteiger partial charge in [-0.15, -0.1) is 34.2 Å². The van der Waals surface area contributed by atoms with Crippen molar-refractivity contribution in [2.24, 2.45) is 4.99 Å². The third-order valence-electron chi connectivity index (χ3n) is 3.59. The highest BCUT2D eigenvalue weighted by Crippen LogP contribution is 2.16. The summed E-state index contributed by atoms with van der Waals surface area (Å²) in [4.78, 5) is 4.22. The van der Waals surface area contributed by atoms with Crippen molar-refractivity contribution in [2.75, 3.05) is 20.1 Å². The van der Waals surface area contributed by atoms with E-state index < -0.39 is 0 Å². The van der Waals surface area contributed by atoms with Crippen LogP contribution in [0.5, 0.6) is 5.75 Å². The highest BCUT2D eigenvalue weighted by Gasteiger charge is 2.06. The number of hydrogen-bond donors (Lipinski definition) is 2. The predicted octanol–water partition coefficient (Wildman–Crippen LogP) is 2.74. The van der Waals surface area contributed by atoms with Crippen molar-refractivity contribution in [3.05, 3.63) is 41.4 Å². The minimum absolute atomic E-state index is 0. The van der Waals surface area contributed by atoms with E-state index in [4.69, 9.17) is 16.3 Å². The molecule has 0 spiro atoms. The molecule has 26 heavy (non-hydrogen) atoms. The number of ether oxygens (including phenoxy) is 1. The lowest BCUT2D eigenvalue weighted by Gasteiger charge is -2.18. The van der Waals surface area contributed by atoms with Gasteiger partial charge in [0.2, 0.25) is 0 Å². The fourth-order valence-corrected chi connectivity index (χ4v) is 2.41. The minimum Gasteiger partial charge on any atom is -0.489 e. The van der Waals surface area contributed by atoms with Crippen LogP contribution in [0.4, 0.5) is 0 Å². The highest BCUT2D eigenvalue weighted by molar-refractivity contribution is 14.0. The average molecular weight is 493 g/mol. The molecule has 0 aliphatic rings. The molecule has 9 heteroatoms. The van der Waals surface area contributed by atoms with Crippen LogP contribution in [0.25, 0.3) is 0 Å². The van der Waals surface area contributed by atoms with Crippen LogP contribution in [0, 0.1) is 0 Å². The molecule has 0 aliphatic heterocycles. The smallest absolute Gasteiger partial charge is 0.191 e.